The number of ether oxygens (including phenoxy) is 1. The van der Waals surface area contributed by atoms with E-state index in [-0.39, 0.29) is 5.82 Å². The van der Waals surface area contributed by atoms with Gasteiger partial charge >= 0.3 is 0 Å². The predicted molar refractivity (Wildman–Crippen MR) is 69.9 cm³/mol. The lowest BCUT2D eigenvalue weighted by Gasteiger charge is -2.22. The third-order valence-corrected chi connectivity index (χ3v) is 3.83. The van der Waals surface area contributed by atoms with E-state index in [2.05, 4.69) is 21.2 Å². The van der Waals surface area contributed by atoms with Gasteiger partial charge in [0.05, 0.1) is 11.6 Å². The van der Waals surface area contributed by atoms with Crippen molar-refractivity contribution in [3.8, 4) is 5.75 Å². The Kier molecular flexibility index (Phi) is 4.40. The van der Waals surface area contributed by atoms with E-state index in [1.807, 2.05) is 12.1 Å². The van der Waals surface area contributed by atoms with Crippen LogP contribution in [-0.2, 0) is 6.42 Å². The molecule has 1 fully saturated rings. The molecular weight excluding hydrogens is 285 g/mol. The molecule has 1 heterocycles. The van der Waals surface area contributed by atoms with Gasteiger partial charge in [0.25, 0.3) is 0 Å². The Morgan fingerprint density at radius 2 is 2.12 bits per heavy atom. The first-order valence-electron chi connectivity index (χ1n) is 5.93. The monoisotopic (exact) mass is 301 g/mol. The second-order valence-electron chi connectivity index (χ2n) is 4.49. The maximum atomic E-state index is 13.6. The smallest absolute Gasteiger partial charge is 0.179 e. The molecule has 2 rings (SSSR count). The van der Waals surface area contributed by atoms with Crippen LogP contribution < -0.4 is 10.1 Å². The van der Waals surface area contributed by atoms with E-state index in [0.29, 0.717) is 16.1 Å². The van der Waals surface area contributed by atoms with Gasteiger partial charge in [-0.05, 0) is 71.9 Å². The molecule has 0 bridgehead atoms. The molecule has 17 heavy (non-hydrogen) atoms. The molecule has 1 aliphatic heterocycles. The zero-order valence-corrected chi connectivity index (χ0v) is 11.5. The predicted octanol–water partition coefficient (Wildman–Crippen LogP) is 3.14. The molecule has 0 amide bonds. The highest BCUT2D eigenvalue weighted by Crippen LogP contribution is 2.29. The van der Waals surface area contributed by atoms with Crippen molar-refractivity contribution in [2.24, 2.45) is 5.92 Å². The number of methoxy groups -OCH3 is 1. The van der Waals surface area contributed by atoms with Crippen LogP contribution in [0.3, 0.4) is 0 Å². The van der Waals surface area contributed by atoms with Crippen LogP contribution in [0.25, 0.3) is 0 Å². The van der Waals surface area contributed by atoms with Gasteiger partial charge in [0.1, 0.15) is 0 Å². The molecule has 94 valence electrons. The first-order valence-corrected chi connectivity index (χ1v) is 6.72. The summed E-state index contributed by atoms with van der Waals surface area (Å²) in [6.07, 6.45) is 3.38. The van der Waals surface area contributed by atoms with Crippen molar-refractivity contribution in [2.45, 2.75) is 19.3 Å². The summed E-state index contributed by atoms with van der Waals surface area (Å²) in [5, 5.41) is 3.35. The highest BCUT2D eigenvalue weighted by Gasteiger charge is 2.16. The van der Waals surface area contributed by atoms with Gasteiger partial charge in [-0.15, -0.1) is 0 Å². The van der Waals surface area contributed by atoms with Gasteiger partial charge in [-0.1, -0.05) is 0 Å². The lowest BCUT2D eigenvalue weighted by molar-refractivity contribution is 0.367. The summed E-state index contributed by atoms with van der Waals surface area (Å²) in [6, 6.07) is 3.67. The van der Waals surface area contributed by atoms with Crippen LogP contribution in [0.5, 0.6) is 5.75 Å². The second-order valence-corrected chi connectivity index (χ2v) is 5.35. The van der Waals surface area contributed by atoms with Crippen molar-refractivity contribution in [1.82, 2.24) is 5.32 Å². The topological polar surface area (TPSA) is 21.3 Å². The standard InChI is InChI=1S/C13H17BrFNO/c1-17-12-8-10(7-11(14)13(12)15)6-9-2-4-16-5-3-9/h7-9,16H,2-6H2,1H3. The van der Waals surface area contributed by atoms with Gasteiger partial charge in [-0.25, -0.2) is 4.39 Å². The summed E-state index contributed by atoms with van der Waals surface area (Å²) >= 11 is 3.24. The average molecular weight is 302 g/mol. The third kappa shape index (κ3) is 3.19. The SMILES string of the molecule is COc1cc(CC2CCNCC2)cc(Br)c1F. The van der Waals surface area contributed by atoms with E-state index >= 15 is 0 Å². The lowest BCUT2D eigenvalue weighted by atomic mass is 9.91. The number of hydrogen-bond donors (Lipinski definition) is 1. The zero-order valence-electron chi connectivity index (χ0n) is 9.93. The van der Waals surface area contributed by atoms with E-state index < -0.39 is 0 Å². The van der Waals surface area contributed by atoms with Gasteiger partial charge < -0.3 is 10.1 Å². The molecule has 0 radical (unpaired) electrons. The number of benzene rings is 1. The highest BCUT2D eigenvalue weighted by atomic mass is 79.9. The van der Waals surface area contributed by atoms with Crippen molar-refractivity contribution < 1.29 is 9.13 Å². The molecule has 0 aromatic heterocycles. The van der Waals surface area contributed by atoms with Gasteiger partial charge in [-0.2, -0.15) is 0 Å². The summed E-state index contributed by atoms with van der Waals surface area (Å²) in [7, 11) is 1.50. The first-order chi connectivity index (χ1) is 8.20. The number of rotatable bonds is 3. The van der Waals surface area contributed by atoms with E-state index in [1.165, 1.54) is 20.0 Å². The van der Waals surface area contributed by atoms with Crippen LogP contribution >= 0.6 is 15.9 Å². The van der Waals surface area contributed by atoms with Crippen LogP contribution in [0.15, 0.2) is 16.6 Å². The Labute approximate surface area is 110 Å². The summed E-state index contributed by atoms with van der Waals surface area (Å²) in [5.74, 6) is 0.697. The number of hydrogen-bond acceptors (Lipinski definition) is 2. The van der Waals surface area contributed by atoms with E-state index in [9.17, 15) is 4.39 Å². The molecule has 0 spiro atoms. The number of nitrogens with one attached hydrogen (secondary N) is 1. The Morgan fingerprint density at radius 3 is 2.76 bits per heavy atom. The summed E-state index contributed by atoms with van der Waals surface area (Å²) in [4.78, 5) is 0. The van der Waals surface area contributed by atoms with Crippen molar-refractivity contribution in [3.63, 3.8) is 0 Å². The Hall–Kier alpha value is -0.610. The van der Waals surface area contributed by atoms with Crippen LogP contribution in [0, 0.1) is 11.7 Å². The summed E-state index contributed by atoms with van der Waals surface area (Å²) in [5.41, 5.74) is 1.14. The largest absolute Gasteiger partial charge is 0.494 e. The summed E-state index contributed by atoms with van der Waals surface area (Å²) in [6.45, 7) is 2.17. The van der Waals surface area contributed by atoms with E-state index in [0.717, 1.165) is 25.1 Å². The molecule has 1 aliphatic rings. The van der Waals surface area contributed by atoms with Crippen molar-refractivity contribution in [1.29, 1.82) is 0 Å². The summed E-state index contributed by atoms with van der Waals surface area (Å²) < 4.78 is 19.1. The Morgan fingerprint density at radius 1 is 1.41 bits per heavy atom. The molecular formula is C13H17BrFNO. The van der Waals surface area contributed by atoms with Crippen LogP contribution in [0.2, 0.25) is 0 Å². The lowest BCUT2D eigenvalue weighted by Crippen LogP contribution is -2.28. The maximum Gasteiger partial charge on any atom is 0.179 e. The first kappa shape index (κ1) is 12.8. The van der Waals surface area contributed by atoms with E-state index in [4.69, 9.17) is 4.74 Å². The molecule has 1 aromatic carbocycles. The van der Waals surface area contributed by atoms with Crippen LogP contribution in [0.4, 0.5) is 4.39 Å². The van der Waals surface area contributed by atoms with Crippen molar-refractivity contribution >= 4 is 15.9 Å². The van der Waals surface area contributed by atoms with Crippen LogP contribution in [0.1, 0.15) is 18.4 Å². The average Bonchev–Trinajstić information content (AvgIpc) is 2.35. The van der Waals surface area contributed by atoms with Gasteiger partial charge in [0, 0.05) is 0 Å². The minimum Gasteiger partial charge on any atom is -0.494 e. The normalized spacial score (nSPS) is 17.1. The van der Waals surface area contributed by atoms with Crippen molar-refractivity contribution in [2.75, 3.05) is 20.2 Å². The maximum absolute atomic E-state index is 13.6. The fourth-order valence-electron chi connectivity index (χ4n) is 2.30. The fourth-order valence-corrected chi connectivity index (χ4v) is 2.79. The molecule has 1 saturated heterocycles. The van der Waals surface area contributed by atoms with E-state index in [1.54, 1.807) is 0 Å². The van der Waals surface area contributed by atoms with Gasteiger partial charge in [0.15, 0.2) is 11.6 Å². The Bertz CT molecular complexity index is 391. The molecule has 0 aliphatic carbocycles. The number of piperidine rings is 1. The van der Waals surface area contributed by atoms with Gasteiger partial charge in [0.2, 0.25) is 0 Å². The fraction of sp³-hybridized carbons (Fsp3) is 0.538. The molecule has 1 N–H and O–H groups in total. The molecule has 2 nitrogen and oxygen atoms in total. The minimum absolute atomic E-state index is 0.318. The van der Waals surface area contributed by atoms with Crippen molar-refractivity contribution in [3.05, 3.63) is 28.0 Å². The minimum atomic E-state index is -0.318. The molecule has 0 saturated carbocycles. The number of halogens is 2. The molecule has 1 aromatic rings. The zero-order chi connectivity index (χ0) is 12.3. The second kappa shape index (κ2) is 5.83. The molecule has 0 unspecified atom stereocenters. The Balaban J connectivity index is 2.12. The quantitative estimate of drug-likeness (QED) is 0.926. The molecule has 0 atom stereocenters. The third-order valence-electron chi connectivity index (χ3n) is 3.26. The van der Waals surface area contributed by atoms with Crippen LogP contribution in [-0.4, -0.2) is 20.2 Å². The highest BCUT2D eigenvalue weighted by molar-refractivity contribution is 9.10. The molecule has 4 heteroatoms. The van der Waals surface area contributed by atoms with Gasteiger partial charge in [-0.3, -0.25) is 0 Å².